The first-order chi connectivity index (χ1) is 8.90. The lowest BCUT2D eigenvalue weighted by molar-refractivity contribution is -0.142. The molecule has 0 saturated carbocycles. The molecule has 0 amide bonds. The average molecular weight is 261 g/mol. The zero-order valence-electron chi connectivity index (χ0n) is 11.2. The molecule has 1 atom stereocenters. The Morgan fingerprint density at radius 1 is 1.37 bits per heavy atom. The molecule has 2 N–H and O–H groups in total. The maximum Gasteiger partial charge on any atom is 0.335 e. The second kappa shape index (κ2) is 6.38. The minimum atomic E-state index is -0.973. The number of ether oxygens (including phenoxy) is 1. The molecular weight excluding hydrogens is 245 g/mol. The number of carboxylic acid groups (broad SMARTS) is 1. The van der Waals surface area contributed by atoms with E-state index >= 15 is 0 Å². The van der Waals surface area contributed by atoms with Gasteiger partial charge in [-0.15, -0.1) is 0 Å². The van der Waals surface area contributed by atoms with Crippen molar-refractivity contribution in [1.29, 1.82) is 0 Å². The Labute approximate surface area is 113 Å². The van der Waals surface area contributed by atoms with Crippen LogP contribution in [0.15, 0.2) is 12.1 Å². The van der Waals surface area contributed by atoms with E-state index in [1.54, 1.807) is 26.0 Å². The van der Waals surface area contributed by atoms with Gasteiger partial charge in [0.2, 0.25) is 0 Å². The molecule has 19 heavy (non-hydrogen) atoms. The number of benzene rings is 1. The average Bonchev–Trinajstić information content (AvgIpc) is 2.37. The third-order valence-electron chi connectivity index (χ3n) is 3.04. The van der Waals surface area contributed by atoms with Crippen molar-refractivity contribution >= 4 is 19.9 Å². The number of methoxy groups -OCH3 is 1. The zero-order valence-corrected chi connectivity index (χ0v) is 11.2. The number of nitrogens with one attached hydrogen (secondary N) is 1. The summed E-state index contributed by atoms with van der Waals surface area (Å²) in [5.41, 5.74) is 2.73. The van der Waals surface area contributed by atoms with Gasteiger partial charge in [-0.05, 0) is 49.1 Å². The summed E-state index contributed by atoms with van der Waals surface area (Å²) in [4.78, 5) is 22.4. The van der Waals surface area contributed by atoms with Crippen LogP contribution in [0.2, 0.25) is 0 Å². The van der Waals surface area contributed by atoms with Gasteiger partial charge in [0.25, 0.3) is 0 Å². The zero-order chi connectivity index (χ0) is 14.6. The molecule has 0 aliphatic heterocycles. The molecule has 1 aromatic carbocycles. The lowest BCUT2D eigenvalue weighted by Crippen LogP contribution is -2.38. The summed E-state index contributed by atoms with van der Waals surface area (Å²) in [6.07, 6.45) is 0.348. The van der Waals surface area contributed by atoms with Crippen LogP contribution in [0.1, 0.15) is 27.0 Å². The fourth-order valence-electron chi connectivity index (χ4n) is 2.00. The van der Waals surface area contributed by atoms with E-state index in [0.717, 1.165) is 16.7 Å². The van der Waals surface area contributed by atoms with Gasteiger partial charge in [-0.25, -0.2) is 4.79 Å². The first kappa shape index (κ1) is 15.2. The first-order valence-electron chi connectivity index (χ1n) is 5.78. The van der Waals surface area contributed by atoms with Crippen LogP contribution < -0.4 is 5.23 Å². The van der Waals surface area contributed by atoms with Gasteiger partial charge in [-0.2, -0.15) is 0 Å². The molecule has 0 bridgehead atoms. The molecule has 0 spiro atoms. The summed E-state index contributed by atoms with van der Waals surface area (Å²) >= 11 is 0. The fourth-order valence-corrected chi connectivity index (χ4v) is 2.00. The molecular formula is C13H16BNO4. The molecule has 2 radical (unpaired) electrons. The van der Waals surface area contributed by atoms with Crippen molar-refractivity contribution in [1.82, 2.24) is 5.23 Å². The molecule has 0 aliphatic rings. The lowest BCUT2D eigenvalue weighted by atomic mass is 9.93. The molecule has 0 aliphatic carbocycles. The number of hydrogen-bond acceptors (Lipinski definition) is 4. The number of hydrogen-bond donors (Lipinski definition) is 2. The monoisotopic (exact) mass is 261 g/mol. The summed E-state index contributed by atoms with van der Waals surface area (Å²) in [6.45, 7) is 3.61. The molecule has 100 valence electrons. The van der Waals surface area contributed by atoms with Gasteiger partial charge in [0.15, 0.2) is 7.98 Å². The molecule has 0 heterocycles. The largest absolute Gasteiger partial charge is 0.478 e. The molecule has 1 rings (SSSR count). The van der Waals surface area contributed by atoms with E-state index in [1.807, 2.05) is 0 Å². The standard InChI is InChI=1S/C13H16BNO4/c1-7-4-9(12(16)17)5-8(2)10(7)6-11(15-14)13(18)19-3/h4-5,11,15H,6H2,1-3H3,(H,16,17)/t11-/m0/s1. The quantitative estimate of drug-likeness (QED) is 0.604. The number of rotatable bonds is 5. The van der Waals surface area contributed by atoms with Crippen LogP contribution in [0.3, 0.4) is 0 Å². The summed E-state index contributed by atoms with van der Waals surface area (Å²) < 4.78 is 4.64. The first-order valence-corrected chi connectivity index (χ1v) is 5.78. The number of esters is 1. The summed E-state index contributed by atoms with van der Waals surface area (Å²) in [5, 5.41) is 11.4. The van der Waals surface area contributed by atoms with Crippen molar-refractivity contribution < 1.29 is 19.4 Å². The second-order valence-electron chi connectivity index (χ2n) is 4.34. The molecule has 0 fully saturated rings. The second-order valence-corrected chi connectivity index (χ2v) is 4.34. The van der Waals surface area contributed by atoms with Crippen molar-refractivity contribution in [3.63, 3.8) is 0 Å². The number of carbonyl (C=O) groups is 2. The number of aromatic carboxylic acids is 1. The summed E-state index contributed by atoms with van der Waals surface area (Å²) in [7, 11) is 6.62. The normalized spacial score (nSPS) is 11.9. The summed E-state index contributed by atoms with van der Waals surface area (Å²) in [6, 6.07) is 2.50. The minimum Gasteiger partial charge on any atom is -0.478 e. The van der Waals surface area contributed by atoms with Gasteiger partial charge >= 0.3 is 11.9 Å². The van der Waals surface area contributed by atoms with E-state index in [4.69, 9.17) is 13.1 Å². The topological polar surface area (TPSA) is 75.6 Å². The number of aryl methyl sites for hydroxylation is 2. The third kappa shape index (κ3) is 3.57. The van der Waals surface area contributed by atoms with Gasteiger partial charge in [0.05, 0.1) is 18.7 Å². The van der Waals surface area contributed by atoms with Gasteiger partial charge in [-0.1, -0.05) is 0 Å². The van der Waals surface area contributed by atoms with Gasteiger partial charge in [0.1, 0.15) is 0 Å². The van der Waals surface area contributed by atoms with Crippen LogP contribution in [-0.2, 0) is 16.0 Å². The fraction of sp³-hybridized carbons (Fsp3) is 0.385. The van der Waals surface area contributed by atoms with E-state index < -0.39 is 18.0 Å². The number of carbonyl (C=O) groups excluding carboxylic acids is 1. The molecule has 6 heteroatoms. The minimum absolute atomic E-state index is 0.231. The predicted molar refractivity (Wildman–Crippen MR) is 71.3 cm³/mol. The van der Waals surface area contributed by atoms with E-state index in [9.17, 15) is 9.59 Å². The van der Waals surface area contributed by atoms with Crippen molar-refractivity contribution in [2.45, 2.75) is 26.3 Å². The van der Waals surface area contributed by atoms with Crippen molar-refractivity contribution in [2.24, 2.45) is 0 Å². The van der Waals surface area contributed by atoms with Crippen LogP contribution in [0.4, 0.5) is 0 Å². The van der Waals surface area contributed by atoms with Crippen molar-refractivity contribution in [2.75, 3.05) is 7.11 Å². The molecule has 0 aromatic heterocycles. The maximum atomic E-state index is 11.5. The Bertz CT molecular complexity index is 478. The van der Waals surface area contributed by atoms with Crippen LogP contribution in [0.25, 0.3) is 0 Å². The smallest absolute Gasteiger partial charge is 0.335 e. The van der Waals surface area contributed by atoms with Crippen LogP contribution >= 0.6 is 0 Å². The number of carboxylic acids is 1. The van der Waals surface area contributed by atoms with Gasteiger partial charge in [-0.3, -0.25) is 4.79 Å². The Morgan fingerprint density at radius 3 is 2.26 bits per heavy atom. The van der Waals surface area contributed by atoms with Crippen molar-refractivity contribution in [3.8, 4) is 0 Å². The highest BCUT2D eigenvalue weighted by molar-refractivity contribution is 6.06. The Kier molecular flexibility index (Phi) is 5.12. The van der Waals surface area contributed by atoms with Gasteiger partial charge in [0, 0.05) is 0 Å². The van der Waals surface area contributed by atoms with E-state index in [-0.39, 0.29) is 5.56 Å². The summed E-state index contributed by atoms with van der Waals surface area (Å²) in [5.74, 6) is -1.43. The van der Waals surface area contributed by atoms with E-state index in [2.05, 4.69) is 9.96 Å². The predicted octanol–water partition coefficient (Wildman–Crippen LogP) is 0.759. The highest BCUT2D eigenvalue weighted by atomic mass is 16.5. The molecule has 1 aromatic rings. The SMILES string of the molecule is [B]N[C@@H](Cc1c(C)cc(C(=O)O)cc1C)C(=O)OC. The Balaban J connectivity index is 3.08. The van der Waals surface area contributed by atoms with E-state index in [0.29, 0.717) is 6.42 Å². The molecule has 0 unspecified atom stereocenters. The Hall–Kier alpha value is -1.82. The van der Waals surface area contributed by atoms with Crippen molar-refractivity contribution in [3.05, 3.63) is 34.4 Å². The maximum absolute atomic E-state index is 11.5. The van der Waals surface area contributed by atoms with E-state index in [1.165, 1.54) is 7.11 Å². The highest BCUT2D eigenvalue weighted by Gasteiger charge is 2.19. The van der Waals surface area contributed by atoms with Crippen LogP contribution in [-0.4, -0.2) is 38.2 Å². The van der Waals surface area contributed by atoms with Gasteiger partial charge < -0.3 is 15.1 Å². The van der Waals surface area contributed by atoms with Crippen LogP contribution in [0, 0.1) is 13.8 Å². The Morgan fingerprint density at radius 2 is 1.89 bits per heavy atom. The molecule has 0 saturated heterocycles. The van der Waals surface area contributed by atoms with Crippen LogP contribution in [0.5, 0.6) is 0 Å². The third-order valence-corrected chi connectivity index (χ3v) is 3.04. The highest BCUT2D eigenvalue weighted by Crippen LogP contribution is 2.19. The lowest BCUT2D eigenvalue weighted by Gasteiger charge is -2.17. The molecule has 5 nitrogen and oxygen atoms in total.